The van der Waals surface area contributed by atoms with E-state index >= 15 is 0 Å². The van der Waals surface area contributed by atoms with E-state index < -0.39 is 0 Å². The van der Waals surface area contributed by atoms with Gasteiger partial charge in [0.2, 0.25) is 0 Å². The van der Waals surface area contributed by atoms with Crippen molar-refractivity contribution in [3.05, 3.63) is 272 Å². The Bertz CT molecular complexity index is 4430. The van der Waals surface area contributed by atoms with Gasteiger partial charge in [-0.05, 0) is 341 Å². The third-order valence-electron chi connectivity index (χ3n) is 15.5. The fourth-order valence-corrected chi connectivity index (χ4v) is 9.87. The molecule has 17 nitrogen and oxygen atoms in total. The minimum absolute atomic E-state index is 0.270. The van der Waals surface area contributed by atoms with Crippen LogP contribution in [0.1, 0.15) is 250 Å². The van der Waals surface area contributed by atoms with Gasteiger partial charge in [0.25, 0.3) is 0 Å². The van der Waals surface area contributed by atoms with Gasteiger partial charge >= 0.3 is 0 Å². The lowest BCUT2D eigenvalue weighted by Crippen LogP contribution is -1.99. The Morgan fingerprint density at radius 1 is 0.240 bits per heavy atom. The summed E-state index contributed by atoms with van der Waals surface area (Å²) in [5, 5.41) is 0. The molecule has 0 heterocycles. The molecule has 0 radical (unpaired) electrons. The number of benzene rings is 8. The molecule has 0 spiro atoms. The van der Waals surface area contributed by atoms with Crippen LogP contribution in [0, 0.1) is 0 Å². The first kappa shape index (κ1) is 104. The molecule has 0 amide bonds. The maximum Gasteiger partial charge on any atom is 0.127 e. The highest BCUT2D eigenvalue weighted by molar-refractivity contribution is 5.92. The molecule has 0 fully saturated rings. The number of hydrogen-bond acceptors (Lipinski definition) is 17. The fraction of sp³-hybridized carbons (Fsp3) is 0.404. The van der Waals surface area contributed by atoms with Crippen molar-refractivity contribution in [2.45, 2.75) is 258 Å². The molecule has 648 valence electrons. The topological polar surface area (TPSA) is 194 Å². The van der Waals surface area contributed by atoms with Gasteiger partial charge in [0, 0.05) is 153 Å². The number of hydrogen-bond donors (Lipinski definition) is 0. The van der Waals surface area contributed by atoms with Gasteiger partial charge in [0.1, 0.15) is 36.2 Å². The Hall–Kier alpha value is -11.3. The van der Waals surface area contributed by atoms with Crippen LogP contribution in [-0.2, 0) is 24.6 Å². The Morgan fingerprint density at radius 3 is 0.810 bits per heavy atom. The summed E-state index contributed by atoms with van der Waals surface area (Å²) in [5.41, 5.74) is 16.1. The highest BCUT2D eigenvalue weighted by Crippen LogP contribution is 2.22. The molecular formula is C104H142N12O5. The third kappa shape index (κ3) is 51.7. The largest absolute Gasteiger partial charge is 0.497 e. The van der Waals surface area contributed by atoms with Crippen LogP contribution in [0.3, 0.4) is 0 Å². The van der Waals surface area contributed by atoms with E-state index in [1.807, 2.05) is 185 Å². The van der Waals surface area contributed by atoms with Gasteiger partial charge in [-0.15, -0.1) is 0 Å². The second kappa shape index (κ2) is 60.2. The Morgan fingerprint density at radius 2 is 0.504 bits per heavy atom. The molecule has 0 aliphatic heterocycles. The standard InChI is InChI=1S/C22H28N2O.C21H26N2O.C17H24N2O.2C15H22N2O.C14H20N2/c1-17(2)23-13-20-10-21(14-24-18(3)4)12-22(11-20)16-25-15-19-8-6-5-7-9-19;1-16(2)22-13-19-10-20(14-23-17(3)4)12-21(11-19)24-15-18-8-6-5-7-9-18;1-6-7-20-17-9-15(11-18-13(2)3)8-16(10-17)12-19-14(4)5;1-11(2)16-9-13-6-14(10-17-12(3)4)8-15(7-13)18-5;1-11(2)16-9-13-6-7-15(18-5)14(8-13)10-17-12(3)4;1-11(2)15-9-13-6-5-7-14(8-13)10-16-12(3)4/h5-14,17-18H,15-16H2,1-4H3;5-14,16-17H,15H2,1-4H3;6,8-14H,1,7H2,2-5H3;2*6-12H,1-5H3;5-12H,1-4H3. The first-order valence-corrected chi connectivity index (χ1v) is 42.5. The fourth-order valence-electron chi connectivity index (χ4n) is 9.87. The van der Waals surface area contributed by atoms with E-state index in [0.717, 1.165) is 101 Å². The summed E-state index contributed by atoms with van der Waals surface area (Å²) < 4.78 is 28.1. The van der Waals surface area contributed by atoms with Crippen LogP contribution in [0.5, 0.6) is 23.0 Å². The first-order chi connectivity index (χ1) is 57.7. The minimum atomic E-state index is 0.270. The molecule has 8 rings (SSSR count). The van der Waals surface area contributed by atoms with Crippen LogP contribution in [0.2, 0.25) is 0 Å². The number of nitrogens with zero attached hydrogens (tertiary/aromatic N) is 12. The molecule has 0 atom stereocenters. The molecule has 17 heteroatoms. The molecule has 0 aliphatic rings. The van der Waals surface area contributed by atoms with Crippen molar-refractivity contribution >= 4 is 74.6 Å². The van der Waals surface area contributed by atoms with E-state index in [-0.39, 0.29) is 42.3 Å². The second-order valence-corrected chi connectivity index (χ2v) is 32.2. The van der Waals surface area contributed by atoms with Gasteiger partial charge < -0.3 is 23.7 Å². The summed E-state index contributed by atoms with van der Waals surface area (Å²) in [6, 6.07) is 62.6. The highest BCUT2D eigenvalue weighted by Gasteiger charge is 2.08. The van der Waals surface area contributed by atoms with Crippen molar-refractivity contribution in [2.24, 2.45) is 59.9 Å². The van der Waals surface area contributed by atoms with E-state index in [9.17, 15) is 0 Å². The van der Waals surface area contributed by atoms with Gasteiger partial charge in [-0.3, -0.25) is 59.9 Å². The molecule has 0 N–H and O–H groups in total. The van der Waals surface area contributed by atoms with Gasteiger partial charge in [0.05, 0.1) is 27.4 Å². The molecule has 0 unspecified atom stereocenters. The van der Waals surface area contributed by atoms with Gasteiger partial charge in [-0.2, -0.15) is 0 Å². The van der Waals surface area contributed by atoms with Crippen molar-refractivity contribution < 1.29 is 23.7 Å². The average molecular weight is 1640 g/mol. The summed E-state index contributed by atoms with van der Waals surface area (Å²) in [5.74, 6) is 3.30. The van der Waals surface area contributed by atoms with Crippen molar-refractivity contribution in [3.63, 3.8) is 0 Å². The lowest BCUT2D eigenvalue weighted by atomic mass is 10.1. The average Bonchev–Trinajstić information content (AvgIpc) is 0.883. The maximum absolute atomic E-state index is 5.96. The van der Waals surface area contributed by atoms with Crippen molar-refractivity contribution in [2.75, 3.05) is 20.8 Å². The van der Waals surface area contributed by atoms with Crippen LogP contribution in [0.25, 0.3) is 0 Å². The number of methoxy groups -OCH3 is 2. The van der Waals surface area contributed by atoms with Crippen molar-refractivity contribution in [1.29, 1.82) is 0 Å². The van der Waals surface area contributed by atoms with Crippen molar-refractivity contribution in [1.82, 2.24) is 0 Å². The molecule has 0 saturated heterocycles. The second-order valence-electron chi connectivity index (χ2n) is 32.2. The Balaban J connectivity index is 0.000000378. The lowest BCUT2D eigenvalue weighted by Gasteiger charge is -2.09. The summed E-state index contributed by atoms with van der Waals surface area (Å²) in [6.45, 7) is 55.3. The smallest absolute Gasteiger partial charge is 0.127 e. The van der Waals surface area contributed by atoms with E-state index in [1.165, 1.54) is 5.56 Å². The van der Waals surface area contributed by atoms with Crippen LogP contribution < -0.4 is 18.9 Å². The SMILES string of the molecule is C=CCOc1cc(C=NC(C)C)cc(C=NC(C)C)c1.CC(C)N=Cc1cc(C=NC(C)C)cc(COCc2ccccc2)c1.CC(C)N=Cc1cc(C=NC(C)C)cc(OCc2ccccc2)c1.CC(C)N=Cc1cccc(C=NC(C)C)c1.COc1cc(C=NC(C)C)cc(C=NC(C)C)c1.COc1ccc(C=NC(C)C)cc1C=NC(C)C. The number of rotatable bonds is 36. The summed E-state index contributed by atoms with van der Waals surface area (Å²) in [6.07, 6.45) is 24.4. The van der Waals surface area contributed by atoms with Crippen LogP contribution in [0.15, 0.2) is 248 Å². The van der Waals surface area contributed by atoms with Crippen LogP contribution in [0.4, 0.5) is 0 Å². The molecule has 0 saturated carbocycles. The van der Waals surface area contributed by atoms with E-state index in [2.05, 4.69) is 298 Å². The Labute approximate surface area is 728 Å². The molecule has 121 heavy (non-hydrogen) atoms. The zero-order valence-electron chi connectivity index (χ0n) is 77.6. The summed E-state index contributed by atoms with van der Waals surface area (Å²) >= 11 is 0. The number of ether oxygens (including phenoxy) is 5. The minimum Gasteiger partial charge on any atom is -0.497 e. The number of aliphatic imine (C=N–C) groups is 12. The molecule has 0 aromatic heterocycles. The highest BCUT2D eigenvalue weighted by atomic mass is 16.5. The molecule has 8 aromatic carbocycles. The summed E-state index contributed by atoms with van der Waals surface area (Å²) in [7, 11) is 3.34. The van der Waals surface area contributed by atoms with E-state index in [4.69, 9.17) is 23.7 Å². The molecule has 8 aromatic rings. The van der Waals surface area contributed by atoms with Crippen LogP contribution >= 0.6 is 0 Å². The molecule has 0 bridgehead atoms. The molecule has 0 aliphatic carbocycles. The third-order valence-corrected chi connectivity index (χ3v) is 15.5. The predicted octanol–water partition coefficient (Wildman–Crippen LogP) is 23.9. The van der Waals surface area contributed by atoms with E-state index in [1.54, 1.807) is 20.3 Å². The first-order valence-electron chi connectivity index (χ1n) is 42.5. The Kier molecular flexibility index (Phi) is 51.7. The normalized spacial score (nSPS) is 12.1. The zero-order chi connectivity index (χ0) is 89.4. The van der Waals surface area contributed by atoms with Crippen LogP contribution in [-0.4, -0.2) is 168 Å². The van der Waals surface area contributed by atoms with E-state index in [0.29, 0.717) is 56.6 Å². The van der Waals surface area contributed by atoms with Gasteiger partial charge in [0.15, 0.2) is 0 Å². The summed E-state index contributed by atoms with van der Waals surface area (Å²) in [4.78, 5) is 53.0. The zero-order valence-corrected chi connectivity index (χ0v) is 77.6. The van der Waals surface area contributed by atoms with Gasteiger partial charge in [-0.25, -0.2) is 0 Å². The molecular weight excluding hydrogens is 1500 g/mol. The predicted molar refractivity (Wildman–Crippen MR) is 526 cm³/mol. The van der Waals surface area contributed by atoms with Crippen molar-refractivity contribution in [3.8, 4) is 23.0 Å². The lowest BCUT2D eigenvalue weighted by molar-refractivity contribution is 0.107. The maximum atomic E-state index is 5.96. The quantitative estimate of drug-likeness (QED) is 0.0278. The monoisotopic (exact) mass is 1640 g/mol. The van der Waals surface area contributed by atoms with Gasteiger partial charge in [-0.1, -0.05) is 91.5 Å².